The number of hydrogen-bond donors (Lipinski definition) is 1. The van der Waals surface area contributed by atoms with Crippen molar-refractivity contribution in [2.45, 2.75) is 19.3 Å². The number of para-hydroxylation sites is 1. The molecule has 31 heavy (non-hydrogen) atoms. The largest absolute Gasteiger partial charge is 0.456 e. The number of nitrogens with zero attached hydrogens (tertiary/aromatic N) is 1. The van der Waals surface area contributed by atoms with Gasteiger partial charge in [0.15, 0.2) is 0 Å². The number of furan rings is 1. The van der Waals surface area contributed by atoms with Gasteiger partial charge in [0.25, 0.3) is 0 Å². The molecule has 0 bridgehead atoms. The molecule has 3 nitrogen and oxygen atoms in total. The molecule has 148 valence electrons. The van der Waals surface area contributed by atoms with Crippen LogP contribution in [0.2, 0.25) is 0 Å². The van der Waals surface area contributed by atoms with Crippen molar-refractivity contribution in [1.29, 1.82) is 5.26 Å². The van der Waals surface area contributed by atoms with Crippen molar-refractivity contribution >= 4 is 33.3 Å². The van der Waals surface area contributed by atoms with Crippen molar-refractivity contribution in [2.24, 2.45) is 0 Å². The Morgan fingerprint density at radius 1 is 0.742 bits per heavy atom. The summed E-state index contributed by atoms with van der Waals surface area (Å²) in [7, 11) is 0. The number of fused-ring (bicyclic) bond motifs is 6. The molecule has 1 aliphatic rings. The Kier molecular flexibility index (Phi) is 3.58. The highest BCUT2D eigenvalue weighted by molar-refractivity contribution is 6.06. The van der Waals surface area contributed by atoms with Crippen LogP contribution in [0.25, 0.3) is 33.1 Å². The molecule has 6 rings (SSSR count). The van der Waals surface area contributed by atoms with Crippen LogP contribution in [0.1, 0.15) is 30.5 Å². The maximum Gasteiger partial charge on any atom is 0.135 e. The van der Waals surface area contributed by atoms with E-state index in [9.17, 15) is 5.26 Å². The standard InChI is InChI=1S/C28H20N2O/c1-28(2)24-13-17(16-29)7-10-20(24)21-11-8-19(15-25(21)28)30-18-9-12-27-23(14-18)22-5-3-4-6-26(22)31-27/h3-15,30H,1-2H3. The molecule has 1 aliphatic carbocycles. The quantitative estimate of drug-likeness (QED) is 0.333. The second-order valence-electron chi connectivity index (χ2n) is 8.69. The molecule has 1 heterocycles. The molecule has 5 aromatic rings. The molecule has 0 unspecified atom stereocenters. The van der Waals surface area contributed by atoms with Crippen LogP contribution in [-0.4, -0.2) is 0 Å². The average Bonchev–Trinajstić information content (AvgIpc) is 3.26. The van der Waals surface area contributed by atoms with Gasteiger partial charge >= 0.3 is 0 Å². The van der Waals surface area contributed by atoms with Gasteiger partial charge in [0, 0.05) is 27.6 Å². The van der Waals surface area contributed by atoms with Gasteiger partial charge in [-0.25, -0.2) is 0 Å². The highest BCUT2D eigenvalue weighted by atomic mass is 16.3. The Labute approximate surface area is 180 Å². The monoisotopic (exact) mass is 400 g/mol. The van der Waals surface area contributed by atoms with Crippen molar-refractivity contribution in [2.75, 3.05) is 5.32 Å². The van der Waals surface area contributed by atoms with Gasteiger partial charge in [-0.2, -0.15) is 5.26 Å². The maximum absolute atomic E-state index is 9.32. The lowest BCUT2D eigenvalue weighted by Gasteiger charge is -2.22. The highest BCUT2D eigenvalue weighted by Crippen LogP contribution is 2.49. The molecule has 0 radical (unpaired) electrons. The SMILES string of the molecule is CC1(C)c2cc(C#N)ccc2-c2ccc(Nc3ccc4oc5ccccc5c4c3)cc21. The summed E-state index contributed by atoms with van der Waals surface area (Å²) >= 11 is 0. The van der Waals surface area contributed by atoms with E-state index >= 15 is 0 Å². The first-order valence-electron chi connectivity index (χ1n) is 10.4. The zero-order valence-corrected chi connectivity index (χ0v) is 17.4. The Balaban J connectivity index is 1.41. The van der Waals surface area contributed by atoms with Crippen molar-refractivity contribution in [3.63, 3.8) is 0 Å². The second kappa shape index (κ2) is 6.23. The molecule has 0 amide bonds. The van der Waals surface area contributed by atoms with Crippen LogP contribution in [0, 0.1) is 11.3 Å². The lowest BCUT2D eigenvalue weighted by molar-refractivity contribution is 0.660. The molecular weight excluding hydrogens is 380 g/mol. The molecule has 0 saturated carbocycles. The molecule has 0 fully saturated rings. The first kappa shape index (κ1) is 17.8. The lowest BCUT2D eigenvalue weighted by atomic mass is 9.82. The first-order valence-corrected chi connectivity index (χ1v) is 10.4. The maximum atomic E-state index is 9.32. The topological polar surface area (TPSA) is 49.0 Å². The fourth-order valence-corrected chi connectivity index (χ4v) is 4.86. The predicted molar refractivity (Wildman–Crippen MR) is 126 cm³/mol. The van der Waals surface area contributed by atoms with Crippen LogP contribution in [0.3, 0.4) is 0 Å². The third kappa shape index (κ3) is 2.59. The average molecular weight is 400 g/mol. The summed E-state index contributed by atoms with van der Waals surface area (Å²) < 4.78 is 5.95. The molecule has 0 spiro atoms. The van der Waals surface area contributed by atoms with Gasteiger partial charge in [0.2, 0.25) is 0 Å². The van der Waals surface area contributed by atoms with Gasteiger partial charge in [-0.05, 0) is 70.8 Å². The number of hydrogen-bond acceptors (Lipinski definition) is 3. The van der Waals surface area contributed by atoms with E-state index in [-0.39, 0.29) is 5.41 Å². The van der Waals surface area contributed by atoms with E-state index in [1.807, 2.05) is 36.4 Å². The van der Waals surface area contributed by atoms with E-state index in [2.05, 4.69) is 67.7 Å². The summed E-state index contributed by atoms with van der Waals surface area (Å²) in [5.41, 5.74) is 9.38. The number of rotatable bonds is 2. The van der Waals surface area contributed by atoms with E-state index < -0.39 is 0 Å². The number of nitriles is 1. The molecule has 3 heteroatoms. The van der Waals surface area contributed by atoms with Crippen LogP contribution >= 0.6 is 0 Å². The van der Waals surface area contributed by atoms with Crippen molar-refractivity contribution < 1.29 is 4.42 Å². The summed E-state index contributed by atoms with van der Waals surface area (Å²) in [6.07, 6.45) is 0. The molecule has 1 aromatic heterocycles. The summed E-state index contributed by atoms with van der Waals surface area (Å²) in [6.45, 7) is 4.46. The van der Waals surface area contributed by atoms with E-state index in [1.54, 1.807) is 0 Å². The minimum absolute atomic E-state index is 0.153. The summed E-state index contributed by atoms with van der Waals surface area (Å²) in [5, 5.41) is 15.1. The molecule has 0 atom stereocenters. The third-order valence-electron chi connectivity index (χ3n) is 6.47. The zero-order valence-electron chi connectivity index (χ0n) is 17.4. The summed E-state index contributed by atoms with van der Waals surface area (Å²) in [5.74, 6) is 0. The van der Waals surface area contributed by atoms with E-state index in [0.717, 1.165) is 33.3 Å². The number of nitrogens with one attached hydrogen (secondary N) is 1. The lowest BCUT2D eigenvalue weighted by Crippen LogP contribution is -2.15. The Morgan fingerprint density at radius 3 is 2.26 bits per heavy atom. The Bertz CT molecular complexity index is 1550. The van der Waals surface area contributed by atoms with Crippen LogP contribution in [-0.2, 0) is 5.41 Å². The molecule has 0 aliphatic heterocycles. The molecular formula is C28H20N2O. The van der Waals surface area contributed by atoms with Gasteiger partial charge < -0.3 is 9.73 Å². The minimum atomic E-state index is -0.153. The molecule has 1 N–H and O–H groups in total. The van der Waals surface area contributed by atoms with E-state index in [1.165, 1.54) is 22.3 Å². The number of benzene rings is 4. The van der Waals surface area contributed by atoms with Crippen LogP contribution < -0.4 is 5.32 Å². The van der Waals surface area contributed by atoms with Crippen molar-refractivity contribution in [3.05, 3.63) is 95.6 Å². The predicted octanol–water partition coefficient (Wildman–Crippen LogP) is 7.51. The minimum Gasteiger partial charge on any atom is -0.456 e. The fourth-order valence-electron chi connectivity index (χ4n) is 4.86. The van der Waals surface area contributed by atoms with Crippen LogP contribution in [0.4, 0.5) is 11.4 Å². The molecule has 0 saturated heterocycles. The van der Waals surface area contributed by atoms with Gasteiger partial charge in [-0.1, -0.05) is 44.2 Å². The third-order valence-corrected chi connectivity index (χ3v) is 6.47. The first-order chi connectivity index (χ1) is 15.0. The zero-order chi connectivity index (χ0) is 21.2. The van der Waals surface area contributed by atoms with Gasteiger partial charge in [0.1, 0.15) is 11.2 Å². The van der Waals surface area contributed by atoms with Crippen LogP contribution in [0.15, 0.2) is 83.3 Å². The van der Waals surface area contributed by atoms with Gasteiger partial charge in [-0.3, -0.25) is 0 Å². The summed E-state index contributed by atoms with van der Waals surface area (Å²) in [6, 6.07) is 29.2. The highest BCUT2D eigenvalue weighted by Gasteiger charge is 2.35. The van der Waals surface area contributed by atoms with E-state index in [4.69, 9.17) is 4.42 Å². The molecule has 4 aromatic carbocycles. The fraction of sp³-hybridized carbons (Fsp3) is 0.107. The number of anilines is 2. The van der Waals surface area contributed by atoms with Crippen molar-refractivity contribution in [3.8, 4) is 17.2 Å². The normalized spacial score (nSPS) is 13.7. The Morgan fingerprint density at radius 2 is 1.42 bits per heavy atom. The van der Waals surface area contributed by atoms with Gasteiger partial charge in [-0.15, -0.1) is 0 Å². The summed E-state index contributed by atoms with van der Waals surface area (Å²) in [4.78, 5) is 0. The van der Waals surface area contributed by atoms with E-state index in [0.29, 0.717) is 5.56 Å². The smallest absolute Gasteiger partial charge is 0.135 e. The van der Waals surface area contributed by atoms with Gasteiger partial charge in [0.05, 0.1) is 11.6 Å². The van der Waals surface area contributed by atoms with Crippen LogP contribution in [0.5, 0.6) is 0 Å². The van der Waals surface area contributed by atoms with Crippen molar-refractivity contribution in [1.82, 2.24) is 0 Å². The second-order valence-corrected chi connectivity index (χ2v) is 8.69. The Hall–Kier alpha value is -4.03.